The van der Waals surface area contributed by atoms with E-state index in [9.17, 15) is 5.11 Å². The summed E-state index contributed by atoms with van der Waals surface area (Å²) >= 11 is 0. The Labute approximate surface area is 102 Å². The fourth-order valence-corrected chi connectivity index (χ4v) is 1.82. The number of aliphatic hydroxyl groups is 1. The highest BCUT2D eigenvalue weighted by atomic mass is 16.3. The molecule has 0 aliphatic carbocycles. The van der Waals surface area contributed by atoms with Crippen LogP contribution in [0.15, 0.2) is 35.3 Å². The van der Waals surface area contributed by atoms with E-state index in [1.165, 1.54) is 0 Å². The van der Waals surface area contributed by atoms with E-state index in [2.05, 4.69) is 15.6 Å². The first kappa shape index (κ1) is 11.9. The van der Waals surface area contributed by atoms with Crippen molar-refractivity contribution in [3.8, 4) is 0 Å². The average Bonchev–Trinajstić information content (AvgIpc) is 2.41. The Kier molecular flexibility index (Phi) is 4.38. The summed E-state index contributed by atoms with van der Waals surface area (Å²) in [6, 6.07) is 9.73. The van der Waals surface area contributed by atoms with Crippen LogP contribution >= 0.6 is 0 Å². The van der Waals surface area contributed by atoms with Crippen molar-refractivity contribution in [3.05, 3.63) is 35.9 Å². The van der Waals surface area contributed by atoms with Gasteiger partial charge in [-0.2, -0.15) is 0 Å². The van der Waals surface area contributed by atoms with Gasteiger partial charge in [-0.25, -0.2) is 0 Å². The summed E-state index contributed by atoms with van der Waals surface area (Å²) < 4.78 is 0. The van der Waals surface area contributed by atoms with Crippen LogP contribution in [0.25, 0.3) is 0 Å². The molecule has 0 saturated carbocycles. The Morgan fingerprint density at radius 1 is 1.35 bits per heavy atom. The molecule has 1 atom stereocenters. The van der Waals surface area contributed by atoms with Gasteiger partial charge < -0.3 is 15.7 Å². The minimum atomic E-state index is -0.409. The third kappa shape index (κ3) is 3.75. The highest BCUT2D eigenvalue weighted by molar-refractivity contribution is 5.80. The van der Waals surface area contributed by atoms with Crippen molar-refractivity contribution in [2.45, 2.75) is 18.9 Å². The summed E-state index contributed by atoms with van der Waals surface area (Å²) in [7, 11) is 0. The standard InChI is InChI=1S/C13H19N3O/c17-12(11-5-2-1-3-6-11)7-10-16-13-14-8-4-9-15-13/h1-3,5-6,12,17H,4,7-10H2,(H2,14,15,16). The topological polar surface area (TPSA) is 56.6 Å². The van der Waals surface area contributed by atoms with Gasteiger partial charge in [0, 0.05) is 19.6 Å². The lowest BCUT2D eigenvalue weighted by Crippen LogP contribution is -2.41. The van der Waals surface area contributed by atoms with Crippen LogP contribution in [0, 0.1) is 0 Å². The maximum absolute atomic E-state index is 9.95. The second kappa shape index (κ2) is 6.25. The Morgan fingerprint density at radius 2 is 2.18 bits per heavy atom. The lowest BCUT2D eigenvalue weighted by Gasteiger charge is -2.17. The second-order valence-corrected chi connectivity index (χ2v) is 4.15. The van der Waals surface area contributed by atoms with E-state index in [1.54, 1.807) is 0 Å². The molecule has 0 radical (unpaired) electrons. The summed E-state index contributed by atoms with van der Waals surface area (Å²) in [6.07, 6.45) is 1.37. The summed E-state index contributed by atoms with van der Waals surface area (Å²) in [4.78, 5) is 4.31. The van der Waals surface area contributed by atoms with E-state index < -0.39 is 6.10 Å². The van der Waals surface area contributed by atoms with Gasteiger partial charge in [0.15, 0.2) is 5.96 Å². The van der Waals surface area contributed by atoms with Crippen LogP contribution in [-0.2, 0) is 0 Å². The van der Waals surface area contributed by atoms with Gasteiger partial charge in [-0.3, -0.25) is 4.99 Å². The highest BCUT2D eigenvalue weighted by Crippen LogP contribution is 2.14. The molecule has 17 heavy (non-hydrogen) atoms. The number of benzene rings is 1. The molecule has 3 N–H and O–H groups in total. The number of hydrogen-bond acceptors (Lipinski definition) is 4. The molecule has 2 rings (SSSR count). The van der Waals surface area contributed by atoms with Gasteiger partial charge in [0.25, 0.3) is 0 Å². The minimum Gasteiger partial charge on any atom is -0.388 e. The molecule has 0 bridgehead atoms. The minimum absolute atomic E-state index is 0.409. The number of hydrogen-bond donors (Lipinski definition) is 3. The van der Waals surface area contributed by atoms with E-state index in [1.807, 2.05) is 30.3 Å². The van der Waals surface area contributed by atoms with Crippen molar-refractivity contribution in [2.75, 3.05) is 19.6 Å². The molecule has 92 valence electrons. The molecule has 0 fully saturated rings. The van der Waals surface area contributed by atoms with E-state index in [0.29, 0.717) is 6.42 Å². The van der Waals surface area contributed by atoms with E-state index in [-0.39, 0.29) is 0 Å². The maximum Gasteiger partial charge on any atom is 0.191 e. The number of guanidine groups is 1. The number of aliphatic imine (C=N–C) groups is 1. The van der Waals surface area contributed by atoms with Crippen LogP contribution in [0.4, 0.5) is 0 Å². The summed E-state index contributed by atoms with van der Waals surface area (Å²) in [5, 5.41) is 16.3. The molecule has 1 aromatic rings. The zero-order valence-electron chi connectivity index (χ0n) is 9.89. The average molecular weight is 233 g/mol. The third-order valence-electron chi connectivity index (χ3n) is 2.79. The molecule has 1 aliphatic rings. The van der Waals surface area contributed by atoms with Gasteiger partial charge in [-0.1, -0.05) is 30.3 Å². The molecule has 1 heterocycles. The summed E-state index contributed by atoms with van der Waals surface area (Å²) in [6.45, 7) is 2.59. The summed E-state index contributed by atoms with van der Waals surface area (Å²) in [5.41, 5.74) is 0.966. The first-order chi connectivity index (χ1) is 8.36. The largest absolute Gasteiger partial charge is 0.388 e. The summed E-state index contributed by atoms with van der Waals surface area (Å²) in [5.74, 6) is 0.858. The second-order valence-electron chi connectivity index (χ2n) is 4.15. The highest BCUT2D eigenvalue weighted by Gasteiger charge is 2.07. The molecular weight excluding hydrogens is 214 g/mol. The van der Waals surface area contributed by atoms with Gasteiger partial charge in [-0.15, -0.1) is 0 Å². The van der Waals surface area contributed by atoms with Crippen LogP contribution in [0.2, 0.25) is 0 Å². The Hall–Kier alpha value is -1.55. The molecule has 0 aromatic heterocycles. The van der Waals surface area contributed by atoms with E-state index >= 15 is 0 Å². The Bertz CT molecular complexity index is 364. The van der Waals surface area contributed by atoms with E-state index in [0.717, 1.165) is 37.6 Å². The molecule has 1 aliphatic heterocycles. The van der Waals surface area contributed by atoms with Crippen LogP contribution in [0.3, 0.4) is 0 Å². The molecule has 4 nitrogen and oxygen atoms in total. The van der Waals surface area contributed by atoms with Crippen molar-refractivity contribution in [3.63, 3.8) is 0 Å². The van der Waals surface area contributed by atoms with Crippen molar-refractivity contribution < 1.29 is 5.11 Å². The van der Waals surface area contributed by atoms with Gasteiger partial charge >= 0.3 is 0 Å². The van der Waals surface area contributed by atoms with Crippen molar-refractivity contribution in [1.82, 2.24) is 10.6 Å². The fraction of sp³-hybridized carbons (Fsp3) is 0.462. The molecule has 0 amide bonds. The van der Waals surface area contributed by atoms with Gasteiger partial charge in [0.05, 0.1) is 6.10 Å². The quantitative estimate of drug-likeness (QED) is 0.728. The van der Waals surface area contributed by atoms with Crippen molar-refractivity contribution >= 4 is 5.96 Å². The monoisotopic (exact) mass is 233 g/mol. The first-order valence-corrected chi connectivity index (χ1v) is 6.11. The number of rotatable bonds is 4. The number of aliphatic hydroxyl groups excluding tert-OH is 1. The lowest BCUT2D eigenvalue weighted by molar-refractivity contribution is 0.168. The van der Waals surface area contributed by atoms with Crippen molar-refractivity contribution in [2.24, 2.45) is 4.99 Å². The van der Waals surface area contributed by atoms with Crippen LogP contribution in [0.1, 0.15) is 24.5 Å². The SMILES string of the molecule is OC(CCNC1=NCCCN1)c1ccccc1. The smallest absolute Gasteiger partial charge is 0.191 e. The maximum atomic E-state index is 9.95. The number of nitrogens with one attached hydrogen (secondary N) is 2. The van der Waals surface area contributed by atoms with Gasteiger partial charge in [0.1, 0.15) is 0 Å². The molecule has 4 heteroatoms. The van der Waals surface area contributed by atoms with Gasteiger partial charge in [-0.05, 0) is 18.4 Å². The predicted octanol–water partition coefficient (Wildman–Crippen LogP) is 1.05. The molecule has 0 spiro atoms. The van der Waals surface area contributed by atoms with E-state index in [4.69, 9.17) is 0 Å². The molecular formula is C13H19N3O. The zero-order valence-corrected chi connectivity index (χ0v) is 9.89. The lowest BCUT2D eigenvalue weighted by atomic mass is 10.1. The number of nitrogens with zero attached hydrogens (tertiary/aromatic N) is 1. The fourth-order valence-electron chi connectivity index (χ4n) is 1.82. The first-order valence-electron chi connectivity index (χ1n) is 6.11. The molecule has 0 saturated heterocycles. The zero-order chi connectivity index (χ0) is 11.9. The normalized spacial score (nSPS) is 16.9. The van der Waals surface area contributed by atoms with Gasteiger partial charge in [0.2, 0.25) is 0 Å². The van der Waals surface area contributed by atoms with Crippen LogP contribution in [-0.4, -0.2) is 30.7 Å². The molecule has 1 aromatic carbocycles. The molecule has 1 unspecified atom stereocenters. The van der Waals surface area contributed by atoms with Crippen LogP contribution in [0.5, 0.6) is 0 Å². The Balaban J connectivity index is 1.73. The Morgan fingerprint density at radius 3 is 2.88 bits per heavy atom. The van der Waals surface area contributed by atoms with Crippen molar-refractivity contribution in [1.29, 1.82) is 0 Å². The van der Waals surface area contributed by atoms with Crippen LogP contribution < -0.4 is 10.6 Å². The third-order valence-corrected chi connectivity index (χ3v) is 2.79. The predicted molar refractivity (Wildman–Crippen MR) is 68.9 cm³/mol.